The van der Waals surface area contributed by atoms with Gasteiger partial charge in [-0.3, -0.25) is 14.5 Å². The van der Waals surface area contributed by atoms with Gasteiger partial charge in [0.2, 0.25) is 11.8 Å². The maximum atomic E-state index is 12.7. The fraction of sp³-hybridized carbons (Fsp3) is 0.364. The van der Waals surface area contributed by atoms with E-state index in [4.69, 9.17) is 0 Å². The molecule has 0 radical (unpaired) electrons. The summed E-state index contributed by atoms with van der Waals surface area (Å²) in [5.41, 5.74) is 3.43. The van der Waals surface area contributed by atoms with E-state index in [-0.39, 0.29) is 35.0 Å². The minimum absolute atomic E-state index is 0.00925. The molecule has 25 heavy (non-hydrogen) atoms. The molecular formula is C22H23NO2. The number of piperidine rings is 1. The molecule has 1 aliphatic carbocycles. The van der Waals surface area contributed by atoms with Gasteiger partial charge in [-0.2, -0.15) is 0 Å². The van der Waals surface area contributed by atoms with Gasteiger partial charge in [-0.15, -0.1) is 0 Å². The first-order chi connectivity index (χ1) is 11.9. The van der Waals surface area contributed by atoms with Crippen LogP contribution >= 0.6 is 0 Å². The van der Waals surface area contributed by atoms with Gasteiger partial charge in [0.05, 0.1) is 18.4 Å². The van der Waals surface area contributed by atoms with E-state index in [1.54, 1.807) is 0 Å². The van der Waals surface area contributed by atoms with Crippen molar-refractivity contribution in [1.29, 1.82) is 0 Å². The number of hydrogen-bond acceptors (Lipinski definition) is 2. The zero-order valence-corrected chi connectivity index (χ0v) is 14.9. The molecule has 0 spiro atoms. The van der Waals surface area contributed by atoms with Crippen LogP contribution in [0.4, 0.5) is 0 Å². The lowest BCUT2D eigenvalue weighted by molar-refractivity contribution is -0.142. The number of nitrogens with zero attached hydrogens (tertiary/aromatic N) is 1. The summed E-state index contributed by atoms with van der Waals surface area (Å²) in [6.45, 7) is 6.92. The molecule has 2 aromatic carbocycles. The van der Waals surface area contributed by atoms with E-state index in [2.05, 4.69) is 39.0 Å². The minimum Gasteiger partial charge on any atom is -0.278 e. The Morgan fingerprint density at radius 2 is 1.48 bits per heavy atom. The Labute approximate surface area is 148 Å². The van der Waals surface area contributed by atoms with Crippen molar-refractivity contribution in [3.8, 4) is 0 Å². The molecule has 3 atom stereocenters. The molecular weight excluding hydrogens is 310 g/mol. The van der Waals surface area contributed by atoms with Crippen LogP contribution in [0.2, 0.25) is 0 Å². The molecule has 2 amide bonds. The van der Waals surface area contributed by atoms with Crippen LogP contribution in [0.1, 0.15) is 43.4 Å². The van der Waals surface area contributed by atoms with Gasteiger partial charge < -0.3 is 0 Å². The summed E-state index contributed by atoms with van der Waals surface area (Å²) in [7, 11) is 0. The summed E-state index contributed by atoms with van der Waals surface area (Å²) in [6, 6.07) is 18.1. The summed E-state index contributed by atoms with van der Waals surface area (Å²) < 4.78 is 0. The Bertz CT molecular complexity index is 813. The van der Waals surface area contributed by atoms with Crippen LogP contribution in [-0.2, 0) is 21.5 Å². The number of hydrogen-bond donors (Lipinski definition) is 0. The van der Waals surface area contributed by atoms with E-state index in [1.165, 1.54) is 10.5 Å². The SMILES string of the molecule is CC(C)(C)c1cccc(C2[C@H]3C(=O)N(Cc4ccccc4)C(=O)[C@@H]23)c1. The standard InChI is InChI=1S/C22H23NO2/c1-22(2,3)16-11-7-10-15(12-16)17-18-19(17)21(25)23(20(18)24)13-14-8-5-4-6-9-14/h4-12,17-19H,13H2,1-3H3/t17?,18-,19+. The third-order valence-electron chi connectivity index (χ3n) is 5.44. The first-order valence-corrected chi connectivity index (χ1v) is 8.87. The number of amides is 2. The number of carbonyl (C=O) groups is 2. The summed E-state index contributed by atoms with van der Waals surface area (Å²) in [5.74, 6) is -0.276. The van der Waals surface area contributed by atoms with E-state index in [9.17, 15) is 9.59 Å². The molecule has 3 nitrogen and oxygen atoms in total. The molecule has 4 rings (SSSR count). The number of carbonyl (C=O) groups excluding carboxylic acids is 2. The van der Waals surface area contributed by atoms with Gasteiger partial charge in [-0.05, 0) is 22.1 Å². The normalized spacial score (nSPS) is 25.2. The van der Waals surface area contributed by atoms with Gasteiger partial charge in [0, 0.05) is 5.92 Å². The van der Waals surface area contributed by atoms with Crippen molar-refractivity contribution in [3.63, 3.8) is 0 Å². The average molecular weight is 333 g/mol. The second-order valence-corrected chi connectivity index (χ2v) is 8.20. The molecule has 1 unspecified atom stereocenters. The Morgan fingerprint density at radius 3 is 2.08 bits per heavy atom. The molecule has 0 bridgehead atoms. The highest BCUT2D eigenvalue weighted by molar-refractivity contribution is 6.10. The van der Waals surface area contributed by atoms with Crippen molar-refractivity contribution < 1.29 is 9.59 Å². The van der Waals surface area contributed by atoms with Crippen LogP contribution in [0.25, 0.3) is 0 Å². The first-order valence-electron chi connectivity index (χ1n) is 8.87. The van der Waals surface area contributed by atoms with Crippen molar-refractivity contribution in [1.82, 2.24) is 4.90 Å². The highest BCUT2D eigenvalue weighted by Crippen LogP contribution is 2.59. The van der Waals surface area contributed by atoms with Crippen LogP contribution in [-0.4, -0.2) is 16.7 Å². The van der Waals surface area contributed by atoms with Crippen molar-refractivity contribution in [2.24, 2.45) is 11.8 Å². The van der Waals surface area contributed by atoms with E-state index in [0.717, 1.165) is 11.1 Å². The third kappa shape index (κ3) is 2.68. The molecule has 2 aliphatic rings. The Morgan fingerprint density at radius 1 is 0.840 bits per heavy atom. The second-order valence-electron chi connectivity index (χ2n) is 8.20. The molecule has 128 valence electrons. The van der Waals surface area contributed by atoms with Crippen LogP contribution < -0.4 is 0 Å². The first kappa shape index (κ1) is 16.1. The average Bonchev–Trinajstić information content (AvgIpc) is 3.29. The highest BCUT2D eigenvalue weighted by Gasteiger charge is 2.67. The molecule has 1 aliphatic heterocycles. The summed E-state index contributed by atoms with van der Waals surface area (Å²) in [6.07, 6.45) is 0. The fourth-order valence-electron chi connectivity index (χ4n) is 3.94. The maximum absolute atomic E-state index is 12.7. The molecule has 0 N–H and O–H groups in total. The van der Waals surface area contributed by atoms with Gasteiger partial charge >= 0.3 is 0 Å². The van der Waals surface area contributed by atoms with Gasteiger partial charge in [0.1, 0.15) is 0 Å². The van der Waals surface area contributed by atoms with E-state index in [1.807, 2.05) is 36.4 Å². The highest BCUT2D eigenvalue weighted by atomic mass is 16.2. The van der Waals surface area contributed by atoms with Crippen LogP contribution in [0, 0.1) is 11.8 Å². The van der Waals surface area contributed by atoms with E-state index in [0.29, 0.717) is 6.54 Å². The summed E-state index contributed by atoms with van der Waals surface area (Å²) >= 11 is 0. The zero-order valence-electron chi connectivity index (χ0n) is 14.9. The number of benzene rings is 2. The smallest absolute Gasteiger partial charge is 0.234 e. The molecule has 1 saturated carbocycles. The molecule has 0 aromatic heterocycles. The minimum atomic E-state index is -0.161. The number of fused-ring (bicyclic) bond motifs is 1. The zero-order chi connectivity index (χ0) is 17.8. The monoisotopic (exact) mass is 333 g/mol. The molecule has 1 heterocycles. The fourth-order valence-corrected chi connectivity index (χ4v) is 3.94. The van der Waals surface area contributed by atoms with Gasteiger partial charge in [0.25, 0.3) is 0 Å². The van der Waals surface area contributed by atoms with Crippen molar-refractivity contribution in [3.05, 3.63) is 71.3 Å². The summed E-state index contributed by atoms with van der Waals surface area (Å²) in [4.78, 5) is 26.9. The number of imide groups is 1. The Kier molecular flexibility index (Phi) is 3.57. The Hall–Kier alpha value is -2.42. The Balaban J connectivity index is 1.54. The van der Waals surface area contributed by atoms with Crippen molar-refractivity contribution >= 4 is 11.8 Å². The van der Waals surface area contributed by atoms with E-state index < -0.39 is 0 Å². The largest absolute Gasteiger partial charge is 0.278 e. The number of likely N-dealkylation sites (tertiary alicyclic amines) is 1. The van der Waals surface area contributed by atoms with Gasteiger partial charge in [0.15, 0.2) is 0 Å². The van der Waals surface area contributed by atoms with Crippen LogP contribution in [0.5, 0.6) is 0 Å². The van der Waals surface area contributed by atoms with Gasteiger partial charge in [-0.1, -0.05) is 75.4 Å². The lowest BCUT2D eigenvalue weighted by Crippen LogP contribution is -2.33. The maximum Gasteiger partial charge on any atom is 0.234 e. The third-order valence-corrected chi connectivity index (χ3v) is 5.44. The topological polar surface area (TPSA) is 37.4 Å². The predicted molar refractivity (Wildman–Crippen MR) is 96.9 cm³/mol. The van der Waals surface area contributed by atoms with Crippen LogP contribution in [0.15, 0.2) is 54.6 Å². The van der Waals surface area contributed by atoms with E-state index >= 15 is 0 Å². The predicted octanol–water partition coefficient (Wildman–Crippen LogP) is 3.88. The molecule has 1 saturated heterocycles. The molecule has 3 heteroatoms. The van der Waals surface area contributed by atoms with Crippen molar-refractivity contribution in [2.75, 3.05) is 0 Å². The van der Waals surface area contributed by atoms with Crippen LogP contribution in [0.3, 0.4) is 0 Å². The quantitative estimate of drug-likeness (QED) is 0.799. The lowest BCUT2D eigenvalue weighted by Gasteiger charge is -2.21. The van der Waals surface area contributed by atoms with Crippen molar-refractivity contribution in [2.45, 2.75) is 38.6 Å². The second kappa shape index (κ2) is 5.55. The lowest BCUT2D eigenvalue weighted by atomic mass is 9.85. The molecule has 2 aromatic rings. The molecule has 2 fully saturated rings. The number of rotatable bonds is 3. The van der Waals surface area contributed by atoms with Gasteiger partial charge in [-0.25, -0.2) is 0 Å². The summed E-state index contributed by atoms with van der Waals surface area (Å²) in [5, 5.41) is 0.